The largest absolute Gasteiger partial charge is 0.291 e. The zero-order valence-corrected chi connectivity index (χ0v) is 7.10. The van der Waals surface area contributed by atoms with Gasteiger partial charge in [-0.05, 0) is 17.5 Å². The summed E-state index contributed by atoms with van der Waals surface area (Å²) in [7, 11) is 0. The fourth-order valence-corrected chi connectivity index (χ4v) is 1.35. The van der Waals surface area contributed by atoms with Gasteiger partial charge in [-0.15, -0.1) is 0 Å². The van der Waals surface area contributed by atoms with E-state index in [0.717, 1.165) is 10.8 Å². The molecule has 0 aliphatic heterocycles. The van der Waals surface area contributed by atoms with Gasteiger partial charge in [-0.3, -0.25) is 9.36 Å². The van der Waals surface area contributed by atoms with E-state index >= 15 is 0 Å². The standard InChI is InChI=1S/C11H9NO/c1-2-12-8-7-9-5-3-4-6-10(9)11(12)13/h2-8H,1H2. The third-order valence-electron chi connectivity index (χ3n) is 2.04. The molecule has 0 radical (unpaired) electrons. The monoisotopic (exact) mass is 171 g/mol. The molecule has 64 valence electrons. The number of nitrogens with zero attached hydrogens (tertiary/aromatic N) is 1. The molecule has 1 aromatic carbocycles. The fraction of sp³-hybridized carbons (Fsp3) is 0. The first-order chi connectivity index (χ1) is 6.33. The second-order valence-corrected chi connectivity index (χ2v) is 2.80. The molecule has 0 unspecified atom stereocenters. The maximum atomic E-state index is 11.7. The molecule has 0 fully saturated rings. The van der Waals surface area contributed by atoms with Gasteiger partial charge in [0.2, 0.25) is 0 Å². The van der Waals surface area contributed by atoms with E-state index < -0.39 is 0 Å². The molecule has 13 heavy (non-hydrogen) atoms. The maximum Gasteiger partial charge on any atom is 0.262 e. The molecule has 0 N–H and O–H groups in total. The van der Waals surface area contributed by atoms with Gasteiger partial charge < -0.3 is 0 Å². The average molecular weight is 171 g/mol. The molecule has 0 saturated heterocycles. The first-order valence-corrected chi connectivity index (χ1v) is 4.05. The van der Waals surface area contributed by atoms with Gasteiger partial charge in [0.25, 0.3) is 5.56 Å². The number of benzene rings is 1. The van der Waals surface area contributed by atoms with Gasteiger partial charge in [-0.2, -0.15) is 0 Å². The molecule has 0 aliphatic carbocycles. The lowest BCUT2D eigenvalue weighted by Gasteiger charge is -1.99. The number of hydrogen-bond donors (Lipinski definition) is 0. The van der Waals surface area contributed by atoms with Crippen molar-refractivity contribution in [2.24, 2.45) is 0 Å². The molecular formula is C11H9NO. The molecule has 0 aliphatic rings. The second-order valence-electron chi connectivity index (χ2n) is 2.80. The van der Waals surface area contributed by atoms with Crippen LogP contribution < -0.4 is 5.56 Å². The summed E-state index contributed by atoms with van der Waals surface area (Å²) in [5.41, 5.74) is -0.0203. The Balaban J connectivity index is 2.95. The molecule has 2 aromatic rings. The zero-order valence-electron chi connectivity index (χ0n) is 7.10. The average Bonchev–Trinajstić information content (AvgIpc) is 2.19. The van der Waals surface area contributed by atoms with Crippen molar-refractivity contribution in [3.8, 4) is 0 Å². The maximum absolute atomic E-state index is 11.7. The fourth-order valence-electron chi connectivity index (χ4n) is 1.35. The van der Waals surface area contributed by atoms with Crippen molar-refractivity contribution in [1.29, 1.82) is 0 Å². The van der Waals surface area contributed by atoms with Crippen LogP contribution >= 0.6 is 0 Å². The minimum Gasteiger partial charge on any atom is -0.291 e. The Morgan fingerprint density at radius 1 is 1.23 bits per heavy atom. The van der Waals surface area contributed by atoms with Gasteiger partial charge in [-0.25, -0.2) is 0 Å². The van der Waals surface area contributed by atoms with Gasteiger partial charge in [0.05, 0.1) is 0 Å². The summed E-state index contributed by atoms with van der Waals surface area (Å²) in [5, 5.41) is 1.69. The van der Waals surface area contributed by atoms with E-state index in [-0.39, 0.29) is 5.56 Å². The molecule has 0 spiro atoms. The Bertz CT molecular complexity index is 511. The highest BCUT2D eigenvalue weighted by atomic mass is 16.1. The van der Waals surface area contributed by atoms with Crippen molar-refractivity contribution in [2.75, 3.05) is 0 Å². The Hall–Kier alpha value is -1.83. The molecule has 2 rings (SSSR count). The molecule has 2 nitrogen and oxygen atoms in total. The van der Waals surface area contributed by atoms with E-state index in [9.17, 15) is 4.79 Å². The van der Waals surface area contributed by atoms with E-state index in [0.29, 0.717) is 0 Å². The lowest BCUT2D eigenvalue weighted by atomic mass is 10.2. The van der Waals surface area contributed by atoms with Gasteiger partial charge in [-0.1, -0.05) is 24.8 Å². The first kappa shape index (κ1) is 7.80. The minimum atomic E-state index is -0.0203. The van der Waals surface area contributed by atoms with Crippen molar-refractivity contribution in [3.63, 3.8) is 0 Å². The van der Waals surface area contributed by atoms with Crippen molar-refractivity contribution >= 4 is 17.0 Å². The molecule has 1 aromatic heterocycles. The van der Waals surface area contributed by atoms with Crippen LogP contribution in [-0.2, 0) is 0 Å². The highest BCUT2D eigenvalue weighted by molar-refractivity contribution is 5.81. The van der Waals surface area contributed by atoms with Gasteiger partial charge >= 0.3 is 0 Å². The van der Waals surface area contributed by atoms with Crippen LogP contribution in [0.3, 0.4) is 0 Å². The third kappa shape index (κ3) is 1.16. The summed E-state index contributed by atoms with van der Waals surface area (Å²) in [6, 6.07) is 9.41. The van der Waals surface area contributed by atoms with Gasteiger partial charge in [0, 0.05) is 17.8 Å². The second kappa shape index (κ2) is 2.90. The Morgan fingerprint density at radius 3 is 2.77 bits per heavy atom. The summed E-state index contributed by atoms with van der Waals surface area (Å²) < 4.78 is 1.47. The van der Waals surface area contributed by atoms with Crippen molar-refractivity contribution < 1.29 is 0 Å². The number of pyridine rings is 1. The van der Waals surface area contributed by atoms with Crippen molar-refractivity contribution in [2.45, 2.75) is 0 Å². The van der Waals surface area contributed by atoms with Crippen LogP contribution in [0.5, 0.6) is 0 Å². The number of rotatable bonds is 1. The molecule has 0 bridgehead atoms. The Morgan fingerprint density at radius 2 is 2.00 bits per heavy atom. The van der Waals surface area contributed by atoms with Crippen molar-refractivity contribution in [3.05, 3.63) is 53.5 Å². The summed E-state index contributed by atoms with van der Waals surface area (Å²) >= 11 is 0. The summed E-state index contributed by atoms with van der Waals surface area (Å²) in [6.45, 7) is 3.56. The van der Waals surface area contributed by atoms with Crippen LogP contribution in [0.1, 0.15) is 0 Å². The number of fused-ring (bicyclic) bond motifs is 1. The lowest BCUT2D eigenvalue weighted by Crippen LogP contribution is -2.13. The van der Waals surface area contributed by atoms with Crippen LogP contribution in [0.15, 0.2) is 47.9 Å². The van der Waals surface area contributed by atoms with E-state index in [1.54, 1.807) is 6.20 Å². The molecule has 0 saturated carbocycles. The van der Waals surface area contributed by atoms with Crippen molar-refractivity contribution in [1.82, 2.24) is 4.57 Å². The van der Waals surface area contributed by atoms with E-state index in [4.69, 9.17) is 0 Å². The van der Waals surface area contributed by atoms with Crippen LogP contribution in [0.25, 0.3) is 17.0 Å². The normalized spacial score (nSPS) is 10.2. The quantitative estimate of drug-likeness (QED) is 0.644. The minimum absolute atomic E-state index is 0.0203. The molecule has 0 atom stereocenters. The summed E-state index contributed by atoms with van der Waals surface area (Å²) in [6.07, 6.45) is 3.23. The zero-order chi connectivity index (χ0) is 9.26. The molecular weight excluding hydrogens is 162 g/mol. The SMILES string of the molecule is C=Cn1ccc2ccccc2c1=O. The van der Waals surface area contributed by atoms with Gasteiger partial charge in [0.15, 0.2) is 0 Å². The van der Waals surface area contributed by atoms with Crippen LogP contribution in [0.4, 0.5) is 0 Å². The van der Waals surface area contributed by atoms with E-state index in [1.165, 1.54) is 10.8 Å². The number of aromatic nitrogens is 1. The summed E-state index contributed by atoms with van der Waals surface area (Å²) in [5.74, 6) is 0. The first-order valence-electron chi connectivity index (χ1n) is 4.05. The van der Waals surface area contributed by atoms with E-state index in [1.807, 2.05) is 30.3 Å². The van der Waals surface area contributed by atoms with Crippen LogP contribution in [0, 0.1) is 0 Å². The smallest absolute Gasteiger partial charge is 0.262 e. The van der Waals surface area contributed by atoms with Crippen LogP contribution in [0.2, 0.25) is 0 Å². The van der Waals surface area contributed by atoms with Gasteiger partial charge in [0.1, 0.15) is 0 Å². The summed E-state index contributed by atoms with van der Waals surface area (Å²) in [4.78, 5) is 11.7. The highest BCUT2D eigenvalue weighted by Gasteiger charge is 1.97. The predicted octanol–water partition coefficient (Wildman–Crippen LogP) is 2.10. The Labute approximate surface area is 75.7 Å². The molecule has 2 heteroatoms. The molecule has 1 heterocycles. The van der Waals surface area contributed by atoms with E-state index in [2.05, 4.69) is 6.58 Å². The predicted molar refractivity (Wildman–Crippen MR) is 54.6 cm³/mol. The third-order valence-corrected chi connectivity index (χ3v) is 2.04. The Kier molecular flexibility index (Phi) is 1.74. The lowest BCUT2D eigenvalue weighted by molar-refractivity contribution is 1.09. The topological polar surface area (TPSA) is 22.0 Å². The highest BCUT2D eigenvalue weighted by Crippen LogP contribution is 2.07. The number of hydrogen-bond acceptors (Lipinski definition) is 1. The van der Waals surface area contributed by atoms with Crippen LogP contribution in [-0.4, -0.2) is 4.57 Å². The molecule has 0 amide bonds.